The lowest BCUT2D eigenvalue weighted by Crippen LogP contribution is -2.31. The summed E-state index contributed by atoms with van der Waals surface area (Å²) in [4.78, 5) is 8.31. The Kier molecular flexibility index (Phi) is 3.92. The van der Waals surface area contributed by atoms with Gasteiger partial charge in [0.05, 0.1) is 18.0 Å². The van der Waals surface area contributed by atoms with Gasteiger partial charge in [0, 0.05) is 13.2 Å². The molecule has 6 nitrogen and oxygen atoms in total. The van der Waals surface area contributed by atoms with Crippen LogP contribution in [0, 0.1) is 0 Å². The topological polar surface area (TPSA) is 64.9 Å². The fourth-order valence-electron chi connectivity index (χ4n) is 2.66. The SMILES string of the molecule is COC1CCCC(Nc2ccc(-n3cncn3)nc2)C1. The Morgan fingerprint density at radius 2 is 2.30 bits per heavy atom. The molecule has 1 N–H and O–H groups in total. The highest BCUT2D eigenvalue weighted by molar-refractivity contribution is 5.44. The Hall–Kier alpha value is -1.95. The minimum absolute atomic E-state index is 0.378. The van der Waals surface area contributed by atoms with Crippen molar-refractivity contribution in [1.29, 1.82) is 0 Å². The summed E-state index contributed by atoms with van der Waals surface area (Å²) in [6.45, 7) is 0. The van der Waals surface area contributed by atoms with E-state index in [-0.39, 0.29) is 0 Å². The third-order valence-electron chi connectivity index (χ3n) is 3.73. The van der Waals surface area contributed by atoms with Gasteiger partial charge in [-0.3, -0.25) is 0 Å². The van der Waals surface area contributed by atoms with Gasteiger partial charge in [-0.25, -0.2) is 14.6 Å². The highest BCUT2D eigenvalue weighted by Crippen LogP contribution is 2.23. The summed E-state index contributed by atoms with van der Waals surface area (Å²) in [5.41, 5.74) is 1.04. The molecule has 2 aromatic rings. The number of methoxy groups -OCH3 is 1. The minimum atomic E-state index is 0.378. The number of hydrogen-bond acceptors (Lipinski definition) is 5. The summed E-state index contributed by atoms with van der Waals surface area (Å²) >= 11 is 0. The van der Waals surface area contributed by atoms with Crippen molar-refractivity contribution in [1.82, 2.24) is 19.7 Å². The fourth-order valence-corrected chi connectivity index (χ4v) is 2.66. The molecule has 2 atom stereocenters. The minimum Gasteiger partial charge on any atom is -0.381 e. The van der Waals surface area contributed by atoms with Gasteiger partial charge < -0.3 is 10.1 Å². The molecule has 2 aromatic heterocycles. The van der Waals surface area contributed by atoms with Crippen LogP contribution < -0.4 is 5.32 Å². The highest BCUT2D eigenvalue weighted by Gasteiger charge is 2.21. The maximum Gasteiger partial charge on any atom is 0.155 e. The van der Waals surface area contributed by atoms with Gasteiger partial charge in [-0.1, -0.05) is 0 Å². The predicted octanol–water partition coefficient (Wildman–Crippen LogP) is 2.03. The van der Waals surface area contributed by atoms with Gasteiger partial charge in [0.2, 0.25) is 0 Å². The van der Waals surface area contributed by atoms with Crippen molar-refractivity contribution in [3.05, 3.63) is 31.0 Å². The Balaban J connectivity index is 1.63. The van der Waals surface area contributed by atoms with Crippen LogP contribution in [0.1, 0.15) is 25.7 Å². The van der Waals surface area contributed by atoms with Crippen LogP contribution in [0.25, 0.3) is 5.82 Å². The second kappa shape index (κ2) is 6.00. The number of pyridine rings is 1. The monoisotopic (exact) mass is 273 g/mol. The van der Waals surface area contributed by atoms with Crippen LogP contribution in [0.2, 0.25) is 0 Å². The van der Waals surface area contributed by atoms with Gasteiger partial charge in [-0.2, -0.15) is 5.10 Å². The molecule has 1 saturated carbocycles. The molecule has 6 heteroatoms. The number of ether oxygens (including phenoxy) is 1. The Morgan fingerprint density at radius 3 is 3.00 bits per heavy atom. The molecule has 1 aliphatic rings. The van der Waals surface area contributed by atoms with E-state index >= 15 is 0 Å². The number of nitrogens with zero attached hydrogens (tertiary/aromatic N) is 4. The van der Waals surface area contributed by atoms with Crippen LogP contribution in [0.3, 0.4) is 0 Å². The Bertz CT molecular complexity index is 525. The van der Waals surface area contributed by atoms with Crippen molar-refractivity contribution < 1.29 is 4.74 Å². The predicted molar refractivity (Wildman–Crippen MR) is 75.8 cm³/mol. The zero-order valence-corrected chi connectivity index (χ0v) is 11.6. The summed E-state index contributed by atoms with van der Waals surface area (Å²) in [5.74, 6) is 0.770. The first kappa shape index (κ1) is 13.1. The van der Waals surface area contributed by atoms with Crippen molar-refractivity contribution in [3.63, 3.8) is 0 Å². The van der Waals surface area contributed by atoms with Crippen LogP contribution in [0.4, 0.5) is 5.69 Å². The molecule has 1 fully saturated rings. The average molecular weight is 273 g/mol. The molecule has 1 aliphatic carbocycles. The van der Waals surface area contributed by atoms with E-state index in [0.29, 0.717) is 12.1 Å². The lowest BCUT2D eigenvalue weighted by molar-refractivity contribution is 0.0669. The van der Waals surface area contributed by atoms with Crippen LogP contribution in [-0.2, 0) is 4.74 Å². The van der Waals surface area contributed by atoms with Gasteiger partial charge in [0.25, 0.3) is 0 Å². The number of nitrogens with one attached hydrogen (secondary N) is 1. The maximum absolute atomic E-state index is 5.45. The van der Waals surface area contributed by atoms with Gasteiger partial charge in [-0.05, 0) is 37.8 Å². The molecule has 0 radical (unpaired) electrons. The van der Waals surface area contributed by atoms with Crippen LogP contribution in [0.15, 0.2) is 31.0 Å². The summed E-state index contributed by atoms with van der Waals surface area (Å²) in [5, 5.41) is 7.59. The van der Waals surface area contributed by atoms with E-state index in [4.69, 9.17) is 4.74 Å². The molecule has 2 unspecified atom stereocenters. The third kappa shape index (κ3) is 2.96. The summed E-state index contributed by atoms with van der Waals surface area (Å²) in [6.07, 6.45) is 9.97. The van der Waals surface area contributed by atoms with Crippen molar-refractivity contribution >= 4 is 5.69 Å². The molecular formula is C14H19N5O. The molecular weight excluding hydrogens is 254 g/mol. The third-order valence-corrected chi connectivity index (χ3v) is 3.73. The van der Waals surface area contributed by atoms with E-state index in [0.717, 1.165) is 24.3 Å². The molecule has 0 bridgehead atoms. The van der Waals surface area contributed by atoms with E-state index < -0.39 is 0 Å². The Labute approximate surface area is 118 Å². The van der Waals surface area contributed by atoms with Crippen molar-refractivity contribution in [2.75, 3.05) is 12.4 Å². The van der Waals surface area contributed by atoms with Gasteiger partial charge in [0.1, 0.15) is 12.7 Å². The van der Waals surface area contributed by atoms with E-state index in [9.17, 15) is 0 Å². The van der Waals surface area contributed by atoms with Gasteiger partial charge >= 0.3 is 0 Å². The van der Waals surface area contributed by atoms with Crippen LogP contribution in [-0.4, -0.2) is 39.0 Å². The van der Waals surface area contributed by atoms with Crippen LogP contribution >= 0.6 is 0 Å². The number of hydrogen-bond donors (Lipinski definition) is 1. The van der Waals surface area contributed by atoms with E-state index in [1.54, 1.807) is 18.1 Å². The first-order chi connectivity index (χ1) is 9.85. The molecule has 2 heterocycles. The highest BCUT2D eigenvalue weighted by atomic mass is 16.5. The standard InChI is InChI=1S/C14H19N5O/c1-20-13-4-2-3-11(7-13)18-12-5-6-14(16-8-12)19-10-15-9-17-19/h5-6,8-11,13,18H,2-4,7H2,1H3. The second-order valence-corrected chi connectivity index (χ2v) is 5.11. The molecule has 106 valence electrons. The fraction of sp³-hybridized carbons (Fsp3) is 0.500. The smallest absolute Gasteiger partial charge is 0.155 e. The normalized spacial score (nSPS) is 22.6. The average Bonchev–Trinajstić information content (AvgIpc) is 3.02. The number of rotatable bonds is 4. The molecule has 0 saturated heterocycles. The first-order valence-electron chi connectivity index (χ1n) is 6.95. The first-order valence-corrected chi connectivity index (χ1v) is 6.95. The van der Waals surface area contributed by atoms with E-state index in [1.807, 2.05) is 18.3 Å². The van der Waals surface area contributed by atoms with E-state index in [2.05, 4.69) is 20.4 Å². The quantitative estimate of drug-likeness (QED) is 0.923. The lowest BCUT2D eigenvalue weighted by Gasteiger charge is -2.29. The van der Waals surface area contributed by atoms with Crippen molar-refractivity contribution in [2.24, 2.45) is 0 Å². The zero-order valence-electron chi connectivity index (χ0n) is 11.6. The van der Waals surface area contributed by atoms with Gasteiger partial charge in [0.15, 0.2) is 5.82 Å². The molecule has 0 aliphatic heterocycles. The summed E-state index contributed by atoms with van der Waals surface area (Å²) in [7, 11) is 1.79. The number of aromatic nitrogens is 4. The second-order valence-electron chi connectivity index (χ2n) is 5.11. The zero-order chi connectivity index (χ0) is 13.8. The lowest BCUT2D eigenvalue weighted by atomic mass is 9.93. The molecule has 0 amide bonds. The Morgan fingerprint density at radius 1 is 1.35 bits per heavy atom. The summed E-state index contributed by atoms with van der Waals surface area (Å²) in [6, 6.07) is 4.43. The molecule has 0 aromatic carbocycles. The molecule has 3 rings (SSSR count). The molecule has 20 heavy (non-hydrogen) atoms. The van der Waals surface area contributed by atoms with Crippen LogP contribution in [0.5, 0.6) is 0 Å². The van der Waals surface area contributed by atoms with Gasteiger partial charge in [-0.15, -0.1) is 0 Å². The number of anilines is 1. The van der Waals surface area contributed by atoms with E-state index in [1.165, 1.54) is 19.2 Å². The van der Waals surface area contributed by atoms with Crippen molar-refractivity contribution in [3.8, 4) is 5.82 Å². The van der Waals surface area contributed by atoms with Crippen molar-refractivity contribution in [2.45, 2.75) is 37.8 Å². The maximum atomic E-state index is 5.45. The summed E-state index contributed by atoms with van der Waals surface area (Å²) < 4.78 is 7.10. The molecule has 0 spiro atoms. The largest absolute Gasteiger partial charge is 0.381 e.